The molecule has 9 heteroatoms. The quantitative estimate of drug-likeness (QED) is 0.647. The zero-order valence-corrected chi connectivity index (χ0v) is 16.1. The van der Waals surface area contributed by atoms with E-state index >= 15 is 0 Å². The topological polar surface area (TPSA) is 85.3 Å². The van der Waals surface area contributed by atoms with Crippen LogP contribution < -0.4 is 16.0 Å². The van der Waals surface area contributed by atoms with Crippen molar-refractivity contribution in [1.82, 2.24) is 30.3 Å². The van der Waals surface area contributed by atoms with Crippen molar-refractivity contribution in [2.24, 2.45) is 10.9 Å². The summed E-state index contributed by atoms with van der Waals surface area (Å²) in [5.41, 5.74) is 1.51. The fourth-order valence-electron chi connectivity index (χ4n) is 4.29. The molecule has 2 aromatic rings. The van der Waals surface area contributed by atoms with Crippen molar-refractivity contribution in [1.29, 1.82) is 0 Å². The van der Waals surface area contributed by atoms with Gasteiger partial charge in [-0.05, 0) is 32.2 Å². The number of aliphatic imine (C=N–C) groups is 1. The molecule has 144 valence electrons. The van der Waals surface area contributed by atoms with E-state index in [1.165, 1.54) is 6.42 Å². The van der Waals surface area contributed by atoms with E-state index in [0.717, 1.165) is 38.3 Å². The summed E-state index contributed by atoms with van der Waals surface area (Å²) < 4.78 is 11.2. The molecule has 0 spiro atoms. The third kappa shape index (κ3) is 3.11. The maximum Gasteiger partial charge on any atom is 0.204 e. The van der Waals surface area contributed by atoms with E-state index in [-0.39, 0.29) is 0 Å². The fraction of sp³-hybridized carbons (Fsp3) is 0.556. The van der Waals surface area contributed by atoms with E-state index in [0.29, 0.717) is 34.3 Å². The molecular formula is C18H25ClN8. The second-order valence-electron chi connectivity index (χ2n) is 7.35. The van der Waals surface area contributed by atoms with Gasteiger partial charge >= 0.3 is 0 Å². The SMILES string of the molecule is [2H]C1(N2CCC3CCNC3C2)NC(Nc2cnn(CC)c2)=Nc2[nH]cc(Cl)c21. The van der Waals surface area contributed by atoms with Gasteiger partial charge in [-0.15, -0.1) is 0 Å². The van der Waals surface area contributed by atoms with E-state index < -0.39 is 6.14 Å². The molecule has 0 aromatic carbocycles. The molecule has 0 aliphatic carbocycles. The number of hydrogen-bond donors (Lipinski definition) is 4. The van der Waals surface area contributed by atoms with Crippen molar-refractivity contribution in [3.05, 3.63) is 29.2 Å². The Hall–Kier alpha value is -2.03. The molecule has 0 saturated carbocycles. The Morgan fingerprint density at radius 3 is 3.22 bits per heavy atom. The third-order valence-electron chi connectivity index (χ3n) is 5.72. The summed E-state index contributed by atoms with van der Waals surface area (Å²) in [4.78, 5) is 9.89. The van der Waals surface area contributed by atoms with E-state index in [4.69, 9.17) is 11.6 Å². The largest absolute Gasteiger partial charge is 0.345 e. The van der Waals surface area contributed by atoms with Gasteiger partial charge in [0.1, 0.15) is 12.0 Å². The molecule has 0 amide bonds. The number of halogens is 1. The lowest BCUT2D eigenvalue weighted by atomic mass is 9.92. The number of nitrogens with one attached hydrogen (secondary N) is 4. The first kappa shape index (κ1) is 16.0. The lowest BCUT2D eigenvalue weighted by molar-refractivity contribution is 0.109. The first-order valence-electron chi connectivity index (χ1n) is 10.1. The molecule has 0 radical (unpaired) electrons. The summed E-state index contributed by atoms with van der Waals surface area (Å²) in [6.07, 6.45) is 6.50. The number of H-pyrrole nitrogens is 1. The van der Waals surface area contributed by atoms with Gasteiger partial charge in [0, 0.05) is 38.1 Å². The van der Waals surface area contributed by atoms with Crippen LogP contribution in [-0.4, -0.2) is 51.3 Å². The van der Waals surface area contributed by atoms with Gasteiger partial charge in [0.2, 0.25) is 5.96 Å². The van der Waals surface area contributed by atoms with Crippen LogP contribution in [0.3, 0.4) is 0 Å². The molecule has 3 unspecified atom stereocenters. The van der Waals surface area contributed by atoms with Gasteiger partial charge in [-0.25, -0.2) is 0 Å². The zero-order chi connectivity index (χ0) is 19.3. The van der Waals surface area contributed by atoms with Gasteiger partial charge in [-0.3, -0.25) is 9.58 Å². The molecule has 2 saturated heterocycles. The average molecular weight is 390 g/mol. The third-order valence-corrected chi connectivity index (χ3v) is 6.02. The highest BCUT2D eigenvalue weighted by molar-refractivity contribution is 6.32. The van der Waals surface area contributed by atoms with E-state index in [1.54, 1.807) is 12.4 Å². The lowest BCUT2D eigenvalue weighted by Gasteiger charge is -2.41. The van der Waals surface area contributed by atoms with Crippen LogP contribution in [0.4, 0.5) is 11.5 Å². The highest BCUT2D eigenvalue weighted by Gasteiger charge is 2.38. The molecule has 5 heterocycles. The van der Waals surface area contributed by atoms with Crippen LogP contribution in [-0.2, 0) is 6.54 Å². The van der Waals surface area contributed by atoms with Gasteiger partial charge in [0.05, 0.1) is 23.8 Å². The predicted molar refractivity (Wildman–Crippen MR) is 106 cm³/mol. The predicted octanol–water partition coefficient (Wildman–Crippen LogP) is 2.27. The Kier molecular flexibility index (Phi) is 4.05. The number of aryl methyl sites for hydroxylation is 1. The van der Waals surface area contributed by atoms with E-state index in [9.17, 15) is 1.37 Å². The highest BCUT2D eigenvalue weighted by atomic mass is 35.5. The van der Waals surface area contributed by atoms with Crippen molar-refractivity contribution in [3.8, 4) is 0 Å². The van der Waals surface area contributed by atoms with Gasteiger partial charge in [0.25, 0.3) is 0 Å². The second kappa shape index (κ2) is 6.85. The first-order chi connectivity index (χ1) is 13.6. The Balaban J connectivity index is 1.45. The minimum Gasteiger partial charge on any atom is -0.345 e. The molecular weight excluding hydrogens is 364 g/mol. The maximum absolute atomic E-state index is 9.38. The molecule has 27 heavy (non-hydrogen) atoms. The molecule has 3 aliphatic heterocycles. The van der Waals surface area contributed by atoms with Crippen molar-refractivity contribution in [3.63, 3.8) is 0 Å². The van der Waals surface area contributed by atoms with Gasteiger partial charge in [0.15, 0.2) is 0 Å². The fourth-order valence-corrected chi connectivity index (χ4v) is 4.52. The van der Waals surface area contributed by atoms with Crippen LogP contribution in [0.2, 0.25) is 5.02 Å². The summed E-state index contributed by atoms with van der Waals surface area (Å²) in [7, 11) is 0. The summed E-state index contributed by atoms with van der Waals surface area (Å²) >= 11 is 6.47. The molecule has 3 aliphatic rings. The Morgan fingerprint density at radius 2 is 2.37 bits per heavy atom. The number of anilines is 1. The Labute approximate surface area is 164 Å². The zero-order valence-electron chi connectivity index (χ0n) is 16.3. The number of likely N-dealkylation sites (tertiary alicyclic amines) is 1. The summed E-state index contributed by atoms with van der Waals surface area (Å²) in [6, 6.07) is 0.428. The number of hydrogen-bond acceptors (Lipinski definition) is 6. The summed E-state index contributed by atoms with van der Waals surface area (Å²) in [5, 5.41) is 15.0. The highest BCUT2D eigenvalue weighted by Crippen LogP contribution is 2.38. The van der Waals surface area contributed by atoms with Gasteiger partial charge in [-0.1, -0.05) is 11.6 Å². The summed E-state index contributed by atoms with van der Waals surface area (Å²) in [6.45, 7) is 5.55. The molecule has 3 atom stereocenters. The van der Waals surface area contributed by atoms with Gasteiger partial charge < -0.3 is 20.9 Å². The van der Waals surface area contributed by atoms with Crippen LogP contribution in [0, 0.1) is 5.92 Å². The number of piperidine rings is 1. The standard InChI is InChI=1S/C18H25ClN8/c1-2-27-9-12(7-22-27)23-18-24-16-15(13(19)8-21-16)17(25-18)26-6-4-11-3-5-20-14(11)10-26/h7-9,11,14,17,20-21H,2-6,10H2,1H3,(H2,23,24,25)/i17D. The number of guanidine groups is 1. The molecule has 4 N–H and O–H groups in total. The molecule has 5 rings (SSSR count). The smallest absolute Gasteiger partial charge is 0.204 e. The van der Waals surface area contributed by atoms with Crippen molar-refractivity contribution in [2.75, 3.05) is 25.0 Å². The van der Waals surface area contributed by atoms with Crippen molar-refractivity contribution >= 4 is 29.1 Å². The maximum atomic E-state index is 9.38. The first-order valence-corrected chi connectivity index (χ1v) is 9.96. The van der Waals surface area contributed by atoms with Crippen LogP contribution in [0.1, 0.15) is 32.8 Å². The molecule has 2 aromatic heterocycles. The average Bonchev–Trinajstić information content (AvgIpc) is 3.41. The number of aromatic amines is 1. The Bertz CT molecular complexity index is 907. The lowest BCUT2D eigenvalue weighted by Crippen LogP contribution is -2.53. The number of nitrogens with zero attached hydrogens (tertiary/aromatic N) is 4. The minimum atomic E-state index is -1.19. The molecule has 2 fully saturated rings. The van der Waals surface area contributed by atoms with Crippen LogP contribution in [0.25, 0.3) is 0 Å². The Morgan fingerprint density at radius 1 is 1.44 bits per heavy atom. The minimum absolute atomic E-state index is 0.428. The molecule has 0 bridgehead atoms. The number of fused-ring (bicyclic) bond motifs is 2. The monoisotopic (exact) mass is 389 g/mol. The van der Waals surface area contributed by atoms with E-state index in [2.05, 4.69) is 35.9 Å². The number of rotatable bonds is 3. The van der Waals surface area contributed by atoms with Crippen LogP contribution in [0.15, 0.2) is 23.6 Å². The van der Waals surface area contributed by atoms with Crippen LogP contribution >= 0.6 is 11.6 Å². The number of aromatic nitrogens is 3. The second-order valence-corrected chi connectivity index (χ2v) is 7.76. The van der Waals surface area contributed by atoms with Crippen molar-refractivity contribution in [2.45, 2.75) is 38.5 Å². The van der Waals surface area contributed by atoms with Gasteiger partial charge in [-0.2, -0.15) is 10.1 Å². The summed E-state index contributed by atoms with van der Waals surface area (Å²) in [5.74, 6) is 1.83. The normalized spacial score (nSPS) is 30.9. The van der Waals surface area contributed by atoms with Crippen LogP contribution in [0.5, 0.6) is 0 Å². The van der Waals surface area contributed by atoms with E-state index in [1.807, 2.05) is 17.8 Å². The van der Waals surface area contributed by atoms with Crippen molar-refractivity contribution < 1.29 is 1.37 Å². The molecule has 8 nitrogen and oxygen atoms in total.